The SMILES string of the molecule is O.O=P([O-])(O)O.O=P([O-])(O)O.O=P([O-])(O)O.[Al+3]. The first-order valence-corrected chi connectivity index (χ1v) is 6.89. The van der Waals surface area contributed by atoms with E-state index in [9.17, 15) is 0 Å². The Bertz CT molecular complexity index is 203. The van der Waals surface area contributed by atoms with Crippen molar-refractivity contribution >= 4 is 40.8 Å². The van der Waals surface area contributed by atoms with Gasteiger partial charge in [-0.2, -0.15) is 0 Å². The maximum atomic E-state index is 8.77. The molecular formula is H8AlO13P3. The second-order valence-corrected chi connectivity index (χ2v) is 4.42. The summed E-state index contributed by atoms with van der Waals surface area (Å²) in [5.74, 6) is 0. The Morgan fingerprint density at radius 2 is 0.588 bits per heavy atom. The Kier molecular flexibility index (Phi) is 21.5. The van der Waals surface area contributed by atoms with Crippen LogP contribution in [-0.2, 0) is 13.7 Å². The normalized spacial score (nSPS) is 10.4. The van der Waals surface area contributed by atoms with E-state index in [-0.39, 0.29) is 22.8 Å². The predicted molar refractivity (Wildman–Crippen MR) is 45.5 cm³/mol. The molecule has 0 rings (SSSR count). The van der Waals surface area contributed by atoms with Gasteiger partial charge in [-0.1, -0.05) is 0 Å². The zero-order valence-electron chi connectivity index (χ0n) is 7.55. The summed E-state index contributed by atoms with van der Waals surface area (Å²) >= 11 is 0. The fourth-order valence-corrected chi connectivity index (χ4v) is 0. The van der Waals surface area contributed by atoms with Crippen LogP contribution in [0.5, 0.6) is 0 Å². The Balaban J connectivity index is -0.0000000400. The summed E-state index contributed by atoms with van der Waals surface area (Å²) in [5, 5.41) is 0. The minimum atomic E-state index is -4.89. The third-order valence-electron chi connectivity index (χ3n) is 0. The van der Waals surface area contributed by atoms with Crippen LogP contribution >= 0.6 is 23.5 Å². The van der Waals surface area contributed by atoms with Gasteiger partial charge < -0.3 is 49.5 Å². The van der Waals surface area contributed by atoms with Crippen LogP contribution in [0.3, 0.4) is 0 Å². The maximum Gasteiger partial charge on any atom is 3.00 e. The molecule has 0 unspecified atom stereocenters. The molecule has 0 atom stereocenters. The molecule has 0 aromatic rings. The number of hydrogen-bond acceptors (Lipinski definition) is 6. The standard InChI is InChI=1S/Al.3H3O4P.H2O/c;3*1-5(2,3)4;/h;3*(H3,1,2,3,4);1H2/q+3;;;;/p-3. The molecule has 13 nitrogen and oxygen atoms in total. The van der Waals surface area contributed by atoms with E-state index in [1.54, 1.807) is 0 Å². The van der Waals surface area contributed by atoms with E-state index in [4.69, 9.17) is 57.7 Å². The first kappa shape index (κ1) is 30.7. The van der Waals surface area contributed by atoms with E-state index in [1.165, 1.54) is 0 Å². The maximum absolute atomic E-state index is 8.77. The molecule has 104 valence electrons. The van der Waals surface area contributed by atoms with Crippen molar-refractivity contribution in [2.24, 2.45) is 0 Å². The van der Waals surface area contributed by atoms with Gasteiger partial charge in [-0.25, -0.2) is 0 Å². The first-order chi connectivity index (χ1) is 6.00. The van der Waals surface area contributed by atoms with Crippen molar-refractivity contribution in [2.45, 2.75) is 0 Å². The Morgan fingerprint density at radius 3 is 0.588 bits per heavy atom. The molecule has 0 heterocycles. The molecule has 0 aromatic heterocycles. The average molecular weight is 336 g/mol. The molecule has 0 aliphatic heterocycles. The second kappa shape index (κ2) is 11.9. The van der Waals surface area contributed by atoms with Crippen molar-refractivity contribution in [2.75, 3.05) is 0 Å². The number of phosphoric acid groups is 3. The Labute approximate surface area is 105 Å². The minimum absolute atomic E-state index is 0. The van der Waals surface area contributed by atoms with Gasteiger partial charge in [0.15, 0.2) is 0 Å². The quantitative estimate of drug-likeness (QED) is 0.178. The van der Waals surface area contributed by atoms with Gasteiger partial charge in [0.05, 0.1) is 0 Å². The molecule has 0 amide bonds. The van der Waals surface area contributed by atoms with E-state index >= 15 is 0 Å². The summed E-state index contributed by atoms with van der Waals surface area (Å²) in [6.07, 6.45) is 0. The van der Waals surface area contributed by atoms with Gasteiger partial charge in [-0.3, -0.25) is 13.7 Å². The molecule has 0 saturated carbocycles. The summed E-state index contributed by atoms with van der Waals surface area (Å²) < 4.78 is 26.3. The molecule has 17 heavy (non-hydrogen) atoms. The molecule has 0 aromatic carbocycles. The predicted octanol–water partition coefficient (Wildman–Crippen LogP) is -5.89. The van der Waals surface area contributed by atoms with Gasteiger partial charge in [-0.15, -0.1) is 0 Å². The van der Waals surface area contributed by atoms with Crippen LogP contribution in [0.4, 0.5) is 0 Å². The van der Waals surface area contributed by atoms with Crippen LogP contribution in [0.25, 0.3) is 0 Å². The molecule has 0 saturated heterocycles. The van der Waals surface area contributed by atoms with Crippen LogP contribution in [0.2, 0.25) is 0 Å². The molecule has 8 N–H and O–H groups in total. The third-order valence-corrected chi connectivity index (χ3v) is 0. The molecule has 0 bridgehead atoms. The Morgan fingerprint density at radius 1 is 0.588 bits per heavy atom. The van der Waals surface area contributed by atoms with Crippen molar-refractivity contribution in [1.29, 1.82) is 0 Å². The largest absolute Gasteiger partial charge is 3.00 e. The van der Waals surface area contributed by atoms with E-state index in [0.29, 0.717) is 0 Å². The molecule has 17 heteroatoms. The van der Waals surface area contributed by atoms with Crippen LogP contribution in [0.15, 0.2) is 0 Å². The number of rotatable bonds is 0. The molecule has 0 aliphatic rings. The summed E-state index contributed by atoms with van der Waals surface area (Å²) in [7, 11) is -14.7. The molecule has 0 fully saturated rings. The van der Waals surface area contributed by atoms with Gasteiger partial charge in [0.2, 0.25) is 0 Å². The molecular weight excluding hydrogens is 328 g/mol. The van der Waals surface area contributed by atoms with E-state index in [2.05, 4.69) is 0 Å². The van der Waals surface area contributed by atoms with Crippen molar-refractivity contribution in [3.05, 3.63) is 0 Å². The van der Waals surface area contributed by atoms with Crippen molar-refractivity contribution in [3.8, 4) is 0 Å². The van der Waals surface area contributed by atoms with E-state index in [1.807, 2.05) is 0 Å². The van der Waals surface area contributed by atoms with Gasteiger partial charge in [0.25, 0.3) is 23.5 Å². The summed E-state index contributed by atoms with van der Waals surface area (Å²) in [4.78, 5) is 68.8. The second-order valence-electron chi connectivity index (χ2n) is 1.47. The zero-order chi connectivity index (χ0) is 13.5. The molecule has 0 spiro atoms. The van der Waals surface area contributed by atoms with Crippen LogP contribution in [-0.4, -0.2) is 52.2 Å². The summed E-state index contributed by atoms with van der Waals surface area (Å²) in [6.45, 7) is 0. The van der Waals surface area contributed by atoms with Crippen LogP contribution in [0, 0.1) is 0 Å². The minimum Gasteiger partial charge on any atom is -0.756 e. The number of hydrogen-bond donors (Lipinski definition) is 6. The van der Waals surface area contributed by atoms with Crippen molar-refractivity contribution in [1.82, 2.24) is 0 Å². The van der Waals surface area contributed by atoms with E-state index in [0.717, 1.165) is 0 Å². The fourth-order valence-electron chi connectivity index (χ4n) is 0. The van der Waals surface area contributed by atoms with Crippen molar-refractivity contribution in [3.63, 3.8) is 0 Å². The zero-order valence-corrected chi connectivity index (χ0v) is 11.4. The summed E-state index contributed by atoms with van der Waals surface area (Å²) in [5.41, 5.74) is 0. The van der Waals surface area contributed by atoms with E-state index < -0.39 is 23.5 Å². The smallest absolute Gasteiger partial charge is 0.756 e. The Hall–Kier alpha value is 0.822. The van der Waals surface area contributed by atoms with Crippen LogP contribution < -0.4 is 14.7 Å². The monoisotopic (exact) mass is 336 g/mol. The van der Waals surface area contributed by atoms with Gasteiger partial charge in [0, 0.05) is 0 Å². The fraction of sp³-hybridized carbons (Fsp3) is 0. The molecule has 0 radical (unpaired) electrons. The van der Waals surface area contributed by atoms with Gasteiger partial charge >= 0.3 is 17.4 Å². The van der Waals surface area contributed by atoms with Crippen LogP contribution in [0.1, 0.15) is 0 Å². The van der Waals surface area contributed by atoms with Gasteiger partial charge in [-0.05, 0) is 0 Å². The first-order valence-electron chi connectivity index (χ1n) is 2.30. The topological polar surface area (TPSA) is 273 Å². The average Bonchev–Trinajstić information content (AvgIpc) is 1.41. The molecule has 0 aliphatic carbocycles. The van der Waals surface area contributed by atoms with Crippen molar-refractivity contribution < 1.29 is 63.2 Å². The summed E-state index contributed by atoms with van der Waals surface area (Å²) in [6, 6.07) is 0. The third kappa shape index (κ3) is 5460. The van der Waals surface area contributed by atoms with Gasteiger partial charge in [0.1, 0.15) is 0 Å².